The molecule has 0 spiro atoms. The van der Waals surface area contributed by atoms with E-state index in [4.69, 9.17) is 5.73 Å². The minimum atomic E-state index is -0.00874. The van der Waals surface area contributed by atoms with Gasteiger partial charge in [0.1, 0.15) is 0 Å². The highest BCUT2D eigenvalue weighted by Crippen LogP contribution is 2.52. The lowest BCUT2D eigenvalue weighted by Gasteiger charge is -2.63. The van der Waals surface area contributed by atoms with Gasteiger partial charge in [-0.3, -0.25) is 4.79 Å². The molecule has 0 bridgehead atoms. The molecule has 1 fully saturated rings. The summed E-state index contributed by atoms with van der Waals surface area (Å²) in [5.41, 5.74) is 6.17. The van der Waals surface area contributed by atoms with Crippen molar-refractivity contribution < 1.29 is 4.79 Å². The maximum atomic E-state index is 12.1. The summed E-state index contributed by atoms with van der Waals surface area (Å²) in [6.45, 7) is 8.56. The molecule has 3 heteroatoms. The van der Waals surface area contributed by atoms with Gasteiger partial charge in [0.15, 0.2) is 0 Å². The number of nitrogens with two attached hydrogens (primary N) is 1. The van der Waals surface area contributed by atoms with Crippen LogP contribution in [0.3, 0.4) is 0 Å². The molecule has 0 atom stereocenters. The second-order valence-electron chi connectivity index (χ2n) is 6.70. The summed E-state index contributed by atoms with van der Waals surface area (Å²) in [5.74, 6) is 0.325. The Morgan fingerprint density at radius 2 is 1.65 bits per heavy atom. The Morgan fingerprint density at radius 1 is 1.18 bits per heavy atom. The highest BCUT2D eigenvalue weighted by molar-refractivity contribution is 5.80. The molecule has 96 valence electrons. The molecule has 3 N–H and O–H groups in total. The molecule has 2 rings (SSSR count). The summed E-state index contributed by atoms with van der Waals surface area (Å²) in [5, 5.41) is 3.21. The van der Waals surface area contributed by atoms with Gasteiger partial charge in [0, 0.05) is 28.8 Å². The fourth-order valence-electron chi connectivity index (χ4n) is 3.64. The quantitative estimate of drug-likeness (QED) is 0.719. The number of nitrogens with one attached hydrogen (secondary N) is 1. The van der Waals surface area contributed by atoms with E-state index in [0.717, 1.165) is 12.8 Å². The van der Waals surface area contributed by atoms with Gasteiger partial charge in [0.2, 0.25) is 5.91 Å². The van der Waals surface area contributed by atoms with Crippen molar-refractivity contribution in [3.63, 3.8) is 0 Å². The number of carbonyl (C=O) groups excluding carboxylic acids is 1. The van der Waals surface area contributed by atoms with Gasteiger partial charge in [-0.15, -0.1) is 0 Å². The lowest BCUT2D eigenvalue weighted by molar-refractivity contribution is -0.135. The summed E-state index contributed by atoms with van der Waals surface area (Å²) in [6, 6.07) is 0.320. The second-order valence-corrected chi connectivity index (χ2v) is 6.70. The molecule has 0 aromatic carbocycles. The van der Waals surface area contributed by atoms with E-state index in [0.29, 0.717) is 0 Å². The Hall–Kier alpha value is -0.830. The van der Waals surface area contributed by atoms with Crippen LogP contribution in [-0.4, -0.2) is 18.0 Å². The molecular formula is C14H24N2O. The zero-order valence-corrected chi connectivity index (χ0v) is 11.3. The van der Waals surface area contributed by atoms with Crippen LogP contribution in [0.5, 0.6) is 0 Å². The maximum absolute atomic E-state index is 12.1. The predicted molar refractivity (Wildman–Crippen MR) is 69.3 cm³/mol. The molecule has 0 heterocycles. The van der Waals surface area contributed by atoms with Gasteiger partial charge in [-0.25, -0.2) is 0 Å². The van der Waals surface area contributed by atoms with Crippen LogP contribution < -0.4 is 11.1 Å². The first-order chi connectivity index (χ1) is 7.78. The van der Waals surface area contributed by atoms with E-state index in [1.54, 1.807) is 0 Å². The standard InChI is InChI=1S/C14H24N2O/c1-13(2)11(15)14(3,4)12(13)16-10(17)9-7-5-6-8-9/h5-6,9,11-12H,7-8,15H2,1-4H3,(H,16,17). The first-order valence-corrected chi connectivity index (χ1v) is 6.49. The Bertz CT molecular complexity index is 333. The normalized spacial score (nSPS) is 34.4. The van der Waals surface area contributed by atoms with E-state index in [1.165, 1.54) is 0 Å². The van der Waals surface area contributed by atoms with Crippen molar-refractivity contribution in [1.82, 2.24) is 5.32 Å². The summed E-state index contributed by atoms with van der Waals surface area (Å²) >= 11 is 0. The smallest absolute Gasteiger partial charge is 0.223 e. The van der Waals surface area contributed by atoms with Crippen LogP contribution >= 0.6 is 0 Å². The third-order valence-electron chi connectivity index (χ3n) is 4.76. The molecule has 0 aromatic rings. The largest absolute Gasteiger partial charge is 0.352 e. The summed E-state index contributed by atoms with van der Waals surface area (Å²) in [4.78, 5) is 12.1. The Labute approximate surface area is 104 Å². The number of hydrogen-bond acceptors (Lipinski definition) is 2. The summed E-state index contributed by atoms with van der Waals surface area (Å²) in [7, 11) is 0. The third kappa shape index (κ3) is 1.81. The molecule has 1 amide bonds. The van der Waals surface area contributed by atoms with Crippen LogP contribution in [0.2, 0.25) is 0 Å². The summed E-state index contributed by atoms with van der Waals surface area (Å²) in [6.07, 6.45) is 5.94. The lowest BCUT2D eigenvalue weighted by atomic mass is 9.48. The van der Waals surface area contributed by atoms with E-state index in [9.17, 15) is 4.79 Å². The number of amides is 1. The Morgan fingerprint density at radius 3 is 2.12 bits per heavy atom. The molecule has 3 nitrogen and oxygen atoms in total. The topological polar surface area (TPSA) is 55.1 Å². The SMILES string of the molecule is CC1(C)C(N)C(C)(C)C1NC(=O)C1CC=CC1. The van der Waals surface area contributed by atoms with Crippen molar-refractivity contribution >= 4 is 5.91 Å². The average molecular weight is 236 g/mol. The van der Waals surface area contributed by atoms with Crippen molar-refractivity contribution in [3.8, 4) is 0 Å². The van der Waals surface area contributed by atoms with E-state index < -0.39 is 0 Å². The van der Waals surface area contributed by atoms with E-state index in [1.807, 2.05) is 0 Å². The molecule has 1 saturated carbocycles. The van der Waals surface area contributed by atoms with Crippen molar-refractivity contribution in [2.24, 2.45) is 22.5 Å². The zero-order valence-electron chi connectivity index (χ0n) is 11.3. The predicted octanol–water partition coefficient (Wildman–Crippen LogP) is 1.83. The lowest BCUT2D eigenvalue weighted by Crippen LogP contribution is -2.76. The van der Waals surface area contributed by atoms with Crippen LogP contribution in [0.1, 0.15) is 40.5 Å². The van der Waals surface area contributed by atoms with Gasteiger partial charge in [-0.1, -0.05) is 39.8 Å². The van der Waals surface area contributed by atoms with Crippen LogP contribution in [-0.2, 0) is 4.79 Å². The Balaban J connectivity index is 2.01. The van der Waals surface area contributed by atoms with E-state index >= 15 is 0 Å². The minimum absolute atomic E-state index is 0.00874. The van der Waals surface area contributed by atoms with E-state index in [-0.39, 0.29) is 34.7 Å². The molecule has 17 heavy (non-hydrogen) atoms. The van der Waals surface area contributed by atoms with Gasteiger partial charge in [0.25, 0.3) is 0 Å². The van der Waals surface area contributed by atoms with Crippen molar-refractivity contribution in [2.45, 2.75) is 52.6 Å². The first kappa shape index (κ1) is 12.6. The molecule has 2 aliphatic rings. The van der Waals surface area contributed by atoms with Gasteiger partial charge < -0.3 is 11.1 Å². The average Bonchev–Trinajstić information content (AvgIpc) is 2.77. The van der Waals surface area contributed by atoms with Gasteiger partial charge >= 0.3 is 0 Å². The van der Waals surface area contributed by atoms with Crippen LogP contribution in [0.4, 0.5) is 0 Å². The molecule has 0 aromatic heterocycles. The van der Waals surface area contributed by atoms with Crippen molar-refractivity contribution in [3.05, 3.63) is 12.2 Å². The van der Waals surface area contributed by atoms with Crippen LogP contribution in [0.15, 0.2) is 12.2 Å². The third-order valence-corrected chi connectivity index (χ3v) is 4.76. The summed E-state index contributed by atoms with van der Waals surface area (Å²) < 4.78 is 0. The molecule has 0 saturated heterocycles. The fraction of sp³-hybridized carbons (Fsp3) is 0.786. The van der Waals surface area contributed by atoms with Gasteiger partial charge in [-0.05, 0) is 12.8 Å². The monoisotopic (exact) mass is 236 g/mol. The highest BCUT2D eigenvalue weighted by atomic mass is 16.2. The number of carbonyl (C=O) groups is 1. The molecule has 0 unspecified atom stereocenters. The maximum Gasteiger partial charge on any atom is 0.223 e. The molecule has 0 aliphatic heterocycles. The van der Waals surface area contributed by atoms with Crippen molar-refractivity contribution in [1.29, 1.82) is 0 Å². The van der Waals surface area contributed by atoms with Crippen molar-refractivity contribution in [2.75, 3.05) is 0 Å². The van der Waals surface area contributed by atoms with Crippen LogP contribution in [0, 0.1) is 16.7 Å². The molecule has 0 radical (unpaired) electrons. The minimum Gasteiger partial charge on any atom is -0.352 e. The molecular weight excluding hydrogens is 212 g/mol. The van der Waals surface area contributed by atoms with Gasteiger partial charge in [0.05, 0.1) is 0 Å². The van der Waals surface area contributed by atoms with Gasteiger partial charge in [-0.2, -0.15) is 0 Å². The number of hydrogen-bond donors (Lipinski definition) is 2. The van der Waals surface area contributed by atoms with Crippen LogP contribution in [0.25, 0.3) is 0 Å². The second kappa shape index (κ2) is 3.84. The van der Waals surface area contributed by atoms with E-state index in [2.05, 4.69) is 45.2 Å². The first-order valence-electron chi connectivity index (χ1n) is 6.49. The molecule has 2 aliphatic carbocycles. The fourth-order valence-corrected chi connectivity index (χ4v) is 3.64. The number of allylic oxidation sites excluding steroid dienone is 2. The Kier molecular flexibility index (Phi) is 2.85. The number of rotatable bonds is 2. The highest BCUT2D eigenvalue weighted by Gasteiger charge is 2.60. The zero-order chi connectivity index (χ0) is 12.8.